The molecule has 2 aliphatic heterocycles. The molecule has 82 valence electrons. The molecule has 2 rings (SSSR count). The van der Waals surface area contributed by atoms with Gasteiger partial charge in [0, 0.05) is 19.1 Å². The van der Waals surface area contributed by atoms with E-state index in [1.807, 2.05) is 0 Å². The first-order valence-corrected chi connectivity index (χ1v) is 5.87. The Morgan fingerprint density at radius 2 is 1.57 bits per heavy atom. The van der Waals surface area contributed by atoms with Crippen molar-refractivity contribution in [2.24, 2.45) is 0 Å². The molecule has 0 bridgehead atoms. The summed E-state index contributed by atoms with van der Waals surface area (Å²) in [6.45, 7) is 6.35. The van der Waals surface area contributed by atoms with Gasteiger partial charge < -0.3 is 4.90 Å². The molecule has 0 aromatic rings. The minimum Gasteiger partial charge on any atom is -0.306 e. The average Bonchev–Trinajstić information content (AvgIpc) is 2.19. The standard InChI is InChI=1S/C11H23N3/c1-12-8-4-11(5-9-12)14-7-3-6-13(2)10-14/h11H,3-10H2,1-2H3. The van der Waals surface area contributed by atoms with Gasteiger partial charge in [0.15, 0.2) is 0 Å². The van der Waals surface area contributed by atoms with E-state index in [2.05, 4.69) is 28.8 Å². The van der Waals surface area contributed by atoms with Crippen LogP contribution in [0, 0.1) is 0 Å². The molecule has 0 aromatic heterocycles. The molecule has 2 heterocycles. The molecule has 0 spiro atoms. The molecular formula is C11H23N3. The lowest BCUT2D eigenvalue weighted by atomic mass is 10.0. The number of hydrogen-bond acceptors (Lipinski definition) is 3. The zero-order chi connectivity index (χ0) is 9.97. The molecule has 14 heavy (non-hydrogen) atoms. The van der Waals surface area contributed by atoms with Gasteiger partial charge in [-0.05, 0) is 46.4 Å². The Hall–Kier alpha value is -0.120. The Bertz CT molecular complexity index is 175. The molecule has 0 saturated carbocycles. The number of piperidine rings is 1. The Balaban J connectivity index is 1.82. The summed E-state index contributed by atoms with van der Waals surface area (Å²) in [5, 5.41) is 0. The molecule has 2 fully saturated rings. The highest BCUT2D eigenvalue weighted by molar-refractivity contribution is 4.80. The fourth-order valence-corrected chi connectivity index (χ4v) is 2.65. The number of hydrogen-bond donors (Lipinski definition) is 0. The summed E-state index contributed by atoms with van der Waals surface area (Å²) < 4.78 is 0. The molecule has 0 aromatic carbocycles. The van der Waals surface area contributed by atoms with Gasteiger partial charge >= 0.3 is 0 Å². The number of nitrogens with zero attached hydrogens (tertiary/aromatic N) is 3. The van der Waals surface area contributed by atoms with Crippen molar-refractivity contribution in [3.63, 3.8) is 0 Å². The first-order valence-electron chi connectivity index (χ1n) is 5.87. The van der Waals surface area contributed by atoms with Gasteiger partial charge in [-0.15, -0.1) is 0 Å². The van der Waals surface area contributed by atoms with Crippen molar-refractivity contribution >= 4 is 0 Å². The third-order valence-corrected chi connectivity index (χ3v) is 3.61. The minimum absolute atomic E-state index is 0.856. The average molecular weight is 197 g/mol. The normalized spacial score (nSPS) is 29.6. The van der Waals surface area contributed by atoms with Crippen LogP contribution in [0.5, 0.6) is 0 Å². The van der Waals surface area contributed by atoms with Gasteiger partial charge in [0.2, 0.25) is 0 Å². The molecule has 0 aliphatic carbocycles. The largest absolute Gasteiger partial charge is 0.306 e. The molecule has 0 amide bonds. The smallest absolute Gasteiger partial charge is 0.0506 e. The van der Waals surface area contributed by atoms with E-state index in [4.69, 9.17) is 0 Å². The highest BCUT2D eigenvalue weighted by Gasteiger charge is 2.25. The SMILES string of the molecule is CN1CCC(N2CCCN(C)C2)CC1. The number of rotatable bonds is 1. The van der Waals surface area contributed by atoms with Crippen molar-refractivity contribution in [1.82, 2.24) is 14.7 Å². The van der Waals surface area contributed by atoms with Crippen LogP contribution >= 0.6 is 0 Å². The molecular weight excluding hydrogens is 174 g/mol. The zero-order valence-corrected chi connectivity index (χ0v) is 9.58. The summed E-state index contributed by atoms with van der Waals surface area (Å²) >= 11 is 0. The molecule has 0 N–H and O–H groups in total. The maximum absolute atomic E-state index is 2.68. The van der Waals surface area contributed by atoms with Crippen molar-refractivity contribution in [1.29, 1.82) is 0 Å². The quantitative estimate of drug-likeness (QED) is 0.612. The lowest BCUT2D eigenvalue weighted by Crippen LogP contribution is -2.51. The highest BCUT2D eigenvalue weighted by Crippen LogP contribution is 2.18. The molecule has 0 unspecified atom stereocenters. The second-order valence-electron chi connectivity index (χ2n) is 4.92. The van der Waals surface area contributed by atoms with E-state index < -0.39 is 0 Å². The summed E-state index contributed by atoms with van der Waals surface area (Å²) in [7, 11) is 4.47. The van der Waals surface area contributed by atoms with Crippen molar-refractivity contribution in [2.45, 2.75) is 25.3 Å². The molecule has 2 saturated heterocycles. The van der Waals surface area contributed by atoms with Crippen LogP contribution in [0.2, 0.25) is 0 Å². The van der Waals surface area contributed by atoms with Crippen LogP contribution in [0.4, 0.5) is 0 Å². The minimum atomic E-state index is 0.856. The van der Waals surface area contributed by atoms with Crippen LogP contribution in [0.15, 0.2) is 0 Å². The van der Waals surface area contributed by atoms with E-state index >= 15 is 0 Å². The van der Waals surface area contributed by atoms with Crippen LogP contribution in [0.3, 0.4) is 0 Å². The second-order valence-corrected chi connectivity index (χ2v) is 4.92. The van der Waals surface area contributed by atoms with Gasteiger partial charge in [-0.3, -0.25) is 9.80 Å². The van der Waals surface area contributed by atoms with E-state index in [0.29, 0.717) is 0 Å². The third kappa shape index (κ3) is 2.47. The molecule has 3 heteroatoms. The molecule has 3 nitrogen and oxygen atoms in total. The van der Waals surface area contributed by atoms with Gasteiger partial charge in [0.1, 0.15) is 0 Å². The van der Waals surface area contributed by atoms with Crippen LogP contribution in [0.25, 0.3) is 0 Å². The van der Waals surface area contributed by atoms with Crippen LogP contribution in [-0.2, 0) is 0 Å². The summed E-state index contributed by atoms with van der Waals surface area (Å²) in [4.78, 5) is 7.57. The Morgan fingerprint density at radius 3 is 2.21 bits per heavy atom. The van der Waals surface area contributed by atoms with E-state index in [0.717, 1.165) is 6.04 Å². The van der Waals surface area contributed by atoms with Crippen LogP contribution < -0.4 is 0 Å². The van der Waals surface area contributed by atoms with E-state index in [1.54, 1.807) is 0 Å². The van der Waals surface area contributed by atoms with E-state index in [-0.39, 0.29) is 0 Å². The van der Waals surface area contributed by atoms with Crippen molar-refractivity contribution in [2.75, 3.05) is 46.9 Å². The predicted octanol–water partition coefficient (Wildman–Crippen LogP) is 0.676. The fourth-order valence-electron chi connectivity index (χ4n) is 2.65. The van der Waals surface area contributed by atoms with Crippen molar-refractivity contribution in [3.8, 4) is 0 Å². The van der Waals surface area contributed by atoms with Gasteiger partial charge in [-0.1, -0.05) is 0 Å². The second kappa shape index (κ2) is 4.60. The summed E-state index contributed by atoms with van der Waals surface area (Å²) in [6.07, 6.45) is 4.08. The lowest BCUT2D eigenvalue weighted by molar-refractivity contribution is 0.0407. The van der Waals surface area contributed by atoms with Crippen molar-refractivity contribution in [3.05, 3.63) is 0 Å². The highest BCUT2D eigenvalue weighted by atomic mass is 15.3. The predicted molar refractivity (Wildman–Crippen MR) is 59.3 cm³/mol. The van der Waals surface area contributed by atoms with Crippen LogP contribution in [0.1, 0.15) is 19.3 Å². The van der Waals surface area contributed by atoms with Gasteiger partial charge in [-0.25, -0.2) is 0 Å². The summed E-state index contributed by atoms with van der Waals surface area (Å²) in [6, 6.07) is 0.856. The molecule has 2 aliphatic rings. The van der Waals surface area contributed by atoms with Gasteiger partial charge in [0.25, 0.3) is 0 Å². The van der Waals surface area contributed by atoms with E-state index in [1.165, 1.54) is 52.1 Å². The maximum Gasteiger partial charge on any atom is 0.0506 e. The zero-order valence-electron chi connectivity index (χ0n) is 9.58. The summed E-state index contributed by atoms with van der Waals surface area (Å²) in [5.41, 5.74) is 0. The fraction of sp³-hybridized carbons (Fsp3) is 1.00. The lowest BCUT2D eigenvalue weighted by Gasteiger charge is -2.41. The molecule has 0 radical (unpaired) electrons. The number of likely N-dealkylation sites (tertiary alicyclic amines) is 1. The van der Waals surface area contributed by atoms with Crippen LogP contribution in [-0.4, -0.2) is 67.7 Å². The molecule has 0 atom stereocenters. The third-order valence-electron chi connectivity index (χ3n) is 3.61. The van der Waals surface area contributed by atoms with Gasteiger partial charge in [0.05, 0.1) is 6.67 Å². The van der Waals surface area contributed by atoms with E-state index in [9.17, 15) is 0 Å². The Morgan fingerprint density at radius 1 is 0.857 bits per heavy atom. The first kappa shape index (κ1) is 10.4. The van der Waals surface area contributed by atoms with Crippen molar-refractivity contribution < 1.29 is 0 Å². The summed E-state index contributed by atoms with van der Waals surface area (Å²) in [5.74, 6) is 0. The Kier molecular flexibility index (Phi) is 3.42. The first-order chi connectivity index (χ1) is 6.75. The Labute approximate surface area is 87.7 Å². The maximum atomic E-state index is 2.68. The topological polar surface area (TPSA) is 9.72 Å². The van der Waals surface area contributed by atoms with Gasteiger partial charge in [-0.2, -0.15) is 0 Å². The monoisotopic (exact) mass is 197 g/mol.